The van der Waals surface area contributed by atoms with Crippen molar-refractivity contribution in [1.82, 2.24) is 9.97 Å². The Hall–Kier alpha value is -0.412. The van der Waals surface area contributed by atoms with Crippen LogP contribution in [0.3, 0.4) is 0 Å². The Labute approximate surface area is 216 Å². The average molecular weight is 525 g/mol. The van der Waals surface area contributed by atoms with Crippen LogP contribution in [-0.2, 0) is 71.8 Å². The average Bonchev–Trinajstić information content (AvgIpc) is 3.21. The standard InChI is InChI=1S/C22H23N2O2.2Y/c1-10-8-11(2)21-19(12(10)3)23-17(25-21)9-18-24-20-15(6)13(4)14(5)16(7)22(20)26-18;;/h9H2,1-7H3;;/q-1;;. The van der Waals surface area contributed by atoms with Crippen LogP contribution in [0.5, 0.6) is 0 Å². The van der Waals surface area contributed by atoms with Crippen molar-refractivity contribution < 1.29 is 74.3 Å². The van der Waals surface area contributed by atoms with Gasteiger partial charge in [-0.05, 0) is 49.9 Å². The molecule has 2 radical (unpaired) electrons. The van der Waals surface area contributed by atoms with Crippen LogP contribution in [-0.4, -0.2) is 9.97 Å². The van der Waals surface area contributed by atoms with Crippen molar-refractivity contribution >= 4 is 22.2 Å². The molecule has 0 fully saturated rings. The molecule has 6 heteroatoms. The quantitative estimate of drug-likeness (QED) is 0.324. The fourth-order valence-corrected chi connectivity index (χ4v) is 3.55. The second-order valence-corrected chi connectivity index (χ2v) is 7.25. The Kier molecular flexibility index (Phi) is 7.46. The van der Waals surface area contributed by atoms with Crippen LogP contribution in [0.2, 0.25) is 0 Å². The molecule has 28 heavy (non-hydrogen) atoms. The third kappa shape index (κ3) is 3.83. The molecule has 0 amide bonds. The predicted octanol–water partition coefficient (Wildman–Crippen LogP) is 5.51. The molecule has 0 spiro atoms. The molecule has 4 nitrogen and oxygen atoms in total. The van der Waals surface area contributed by atoms with E-state index in [1.54, 1.807) is 0 Å². The first-order valence-electron chi connectivity index (χ1n) is 8.92. The van der Waals surface area contributed by atoms with Gasteiger partial charge in [0.15, 0.2) is 11.5 Å². The van der Waals surface area contributed by atoms with Crippen LogP contribution in [0.1, 0.15) is 50.7 Å². The normalized spacial score (nSPS) is 11.0. The summed E-state index contributed by atoms with van der Waals surface area (Å²) in [7, 11) is 0. The molecule has 140 valence electrons. The van der Waals surface area contributed by atoms with E-state index in [0.717, 1.165) is 44.5 Å². The number of hydrogen-bond acceptors (Lipinski definition) is 4. The molecule has 2 aromatic heterocycles. The van der Waals surface area contributed by atoms with Crippen molar-refractivity contribution in [3.05, 3.63) is 56.8 Å². The number of aryl methyl sites for hydroxylation is 5. The zero-order valence-corrected chi connectivity index (χ0v) is 23.2. The summed E-state index contributed by atoms with van der Waals surface area (Å²) < 4.78 is 12.1. The zero-order valence-electron chi connectivity index (χ0n) is 17.6. The largest absolute Gasteiger partial charge is 0.503 e. The molecular formula is C22H23N2O2Y2-. The second kappa shape index (κ2) is 8.76. The summed E-state index contributed by atoms with van der Waals surface area (Å²) in [5.74, 6) is 1.26. The van der Waals surface area contributed by atoms with Crippen molar-refractivity contribution in [3.63, 3.8) is 0 Å². The molecule has 0 unspecified atom stereocenters. The minimum Gasteiger partial charge on any atom is -0.503 e. The number of benzene rings is 2. The Morgan fingerprint density at radius 2 is 1.11 bits per heavy atom. The van der Waals surface area contributed by atoms with E-state index in [-0.39, 0.29) is 65.4 Å². The summed E-state index contributed by atoms with van der Waals surface area (Å²) in [6.45, 7) is 14.6. The minimum absolute atomic E-state index is 0. The summed E-state index contributed by atoms with van der Waals surface area (Å²) in [4.78, 5) is 9.42. The van der Waals surface area contributed by atoms with Crippen LogP contribution >= 0.6 is 0 Å². The number of oxazole rings is 2. The van der Waals surface area contributed by atoms with E-state index in [4.69, 9.17) is 18.8 Å². The smallest absolute Gasteiger partial charge is 0.204 e. The van der Waals surface area contributed by atoms with Crippen LogP contribution in [0, 0.1) is 54.5 Å². The Morgan fingerprint density at radius 1 is 0.607 bits per heavy atom. The third-order valence-electron chi connectivity index (χ3n) is 5.66. The van der Waals surface area contributed by atoms with Crippen molar-refractivity contribution in [2.45, 2.75) is 54.9 Å². The van der Waals surface area contributed by atoms with E-state index in [0.29, 0.717) is 18.2 Å². The van der Waals surface area contributed by atoms with E-state index < -0.39 is 0 Å². The molecule has 0 aliphatic heterocycles. The van der Waals surface area contributed by atoms with Crippen molar-refractivity contribution in [2.24, 2.45) is 0 Å². The maximum Gasteiger partial charge on any atom is 0.204 e. The van der Waals surface area contributed by atoms with E-state index in [1.807, 2.05) is 13.8 Å². The number of nitrogens with zero attached hydrogens (tertiary/aromatic N) is 2. The van der Waals surface area contributed by atoms with E-state index in [1.165, 1.54) is 16.7 Å². The maximum atomic E-state index is 6.08. The Bertz CT molecular complexity index is 1140. The van der Waals surface area contributed by atoms with E-state index in [9.17, 15) is 0 Å². The van der Waals surface area contributed by atoms with Gasteiger partial charge in [0.2, 0.25) is 5.89 Å². The summed E-state index contributed by atoms with van der Waals surface area (Å²) in [5, 5.41) is 0. The van der Waals surface area contributed by atoms with Crippen molar-refractivity contribution in [3.8, 4) is 0 Å². The van der Waals surface area contributed by atoms with Gasteiger partial charge >= 0.3 is 0 Å². The monoisotopic (exact) mass is 525 g/mol. The molecule has 0 aliphatic rings. The molecule has 0 saturated heterocycles. The summed E-state index contributed by atoms with van der Waals surface area (Å²) in [6.07, 6.45) is 0.443. The van der Waals surface area contributed by atoms with Gasteiger partial charge in [0.05, 0.1) is 6.42 Å². The van der Waals surface area contributed by atoms with Gasteiger partial charge < -0.3 is 8.83 Å². The summed E-state index contributed by atoms with van der Waals surface area (Å²) in [5.41, 5.74) is 11.6. The van der Waals surface area contributed by atoms with Gasteiger partial charge in [-0.3, -0.25) is 0 Å². The summed E-state index contributed by atoms with van der Waals surface area (Å²) >= 11 is 0. The second-order valence-electron chi connectivity index (χ2n) is 7.25. The third-order valence-corrected chi connectivity index (χ3v) is 5.66. The Morgan fingerprint density at radius 3 is 1.71 bits per heavy atom. The molecule has 4 rings (SSSR count). The molecule has 4 aromatic rings. The Balaban J connectivity index is 0.00000140. The number of hydrogen-bond donors (Lipinski definition) is 0. The molecule has 2 heterocycles. The van der Waals surface area contributed by atoms with Gasteiger partial charge in [-0.25, -0.2) is 9.97 Å². The van der Waals surface area contributed by atoms with E-state index >= 15 is 0 Å². The van der Waals surface area contributed by atoms with Gasteiger partial charge in [-0.2, -0.15) is 11.6 Å². The van der Waals surface area contributed by atoms with Gasteiger partial charge in [-0.1, -0.05) is 20.8 Å². The zero-order chi connectivity index (χ0) is 18.7. The SMILES string of the molecule is Cc1[c-]c(C)c2oc(Cc3nc4c(C)c(C)c(C)c(C)c4o3)nc2c1C.[Y].[Y]. The topological polar surface area (TPSA) is 52.1 Å². The first-order valence-corrected chi connectivity index (χ1v) is 8.92. The molecular weight excluding hydrogens is 502 g/mol. The molecule has 2 aromatic carbocycles. The first-order chi connectivity index (χ1) is 12.3. The fraction of sp³-hybridized carbons (Fsp3) is 0.364. The first kappa shape index (κ1) is 23.9. The maximum absolute atomic E-state index is 6.08. The number of aromatic nitrogens is 2. The van der Waals surface area contributed by atoms with Gasteiger partial charge in [0.1, 0.15) is 5.52 Å². The molecule has 0 bridgehead atoms. The van der Waals surface area contributed by atoms with E-state index in [2.05, 4.69) is 40.7 Å². The number of rotatable bonds is 2. The molecule has 0 N–H and O–H groups in total. The van der Waals surface area contributed by atoms with Crippen molar-refractivity contribution in [2.75, 3.05) is 0 Å². The number of fused-ring (bicyclic) bond motifs is 2. The van der Waals surface area contributed by atoms with Crippen LogP contribution < -0.4 is 0 Å². The molecule has 0 aliphatic carbocycles. The van der Waals surface area contributed by atoms with Crippen LogP contribution in [0.4, 0.5) is 0 Å². The molecule has 0 atom stereocenters. The summed E-state index contributed by atoms with van der Waals surface area (Å²) in [6, 6.07) is 3.33. The van der Waals surface area contributed by atoms with Crippen LogP contribution in [0.25, 0.3) is 22.2 Å². The van der Waals surface area contributed by atoms with Crippen molar-refractivity contribution in [1.29, 1.82) is 0 Å². The van der Waals surface area contributed by atoms with Gasteiger partial charge in [-0.15, -0.1) is 11.1 Å². The molecule has 0 saturated carbocycles. The minimum atomic E-state index is 0. The van der Waals surface area contributed by atoms with Gasteiger partial charge in [0, 0.05) is 76.5 Å². The predicted molar refractivity (Wildman–Crippen MR) is 103 cm³/mol. The fourth-order valence-electron chi connectivity index (χ4n) is 3.55. The van der Waals surface area contributed by atoms with Gasteiger partial charge in [0.25, 0.3) is 0 Å². The van der Waals surface area contributed by atoms with Crippen LogP contribution in [0.15, 0.2) is 8.83 Å².